The number of fused-ring (bicyclic) bond motifs is 1. The molecule has 0 unspecified atom stereocenters. The number of ether oxygens (including phenoxy) is 3. The van der Waals surface area contributed by atoms with E-state index in [1.165, 1.54) is 4.57 Å². The van der Waals surface area contributed by atoms with Crippen LogP contribution in [0.15, 0.2) is 26.7 Å². The van der Waals surface area contributed by atoms with E-state index in [9.17, 15) is 9.59 Å². The molecule has 6 rings (SSSR count). The number of benzene rings is 1. The van der Waals surface area contributed by atoms with Crippen molar-refractivity contribution in [3.8, 4) is 17.2 Å². The molecule has 2 aromatic heterocycles. The number of hydrogen-bond donors (Lipinski definition) is 0. The van der Waals surface area contributed by atoms with E-state index in [1.807, 2.05) is 23.7 Å². The Morgan fingerprint density at radius 3 is 2.10 bits per heavy atom. The molecular formula is C28H36N6O5. The van der Waals surface area contributed by atoms with Crippen LogP contribution < -0.4 is 25.5 Å². The molecule has 2 saturated carbocycles. The Hall–Kier alpha value is -3.76. The third-order valence-corrected chi connectivity index (χ3v) is 8.00. The molecule has 208 valence electrons. The van der Waals surface area contributed by atoms with Gasteiger partial charge in [0.1, 0.15) is 5.84 Å². The maximum Gasteiger partial charge on any atom is 0.332 e. The Labute approximate surface area is 226 Å². The van der Waals surface area contributed by atoms with Crippen LogP contribution >= 0.6 is 0 Å². The molecule has 1 saturated heterocycles. The summed E-state index contributed by atoms with van der Waals surface area (Å²) < 4.78 is 21.7. The van der Waals surface area contributed by atoms with Crippen LogP contribution in [0.5, 0.6) is 17.2 Å². The molecule has 0 amide bonds. The van der Waals surface area contributed by atoms with Crippen LogP contribution in [-0.2, 0) is 19.6 Å². The second-order valence-electron chi connectivity index (χ2n) is 11.0. The van der Waals surface area contributed by atoms with Gasteiger partial charge in [-0.05, 0) is 61.6 Å². The van der Waals surface area contributed by atoms with Crippen molar-refractivity contribution >= 4 is 22.9 Å². The zero-order chi connectivity index (χ0) is 27.3. The topological polar surface area (TPSA) is 105 Å². The summed E-state index contributed by atoms with van der Waals surface area (Å²) in [5.74, 6) is 3.71. The molecule has 0 spiro atoms. The predicted molar refractivity (Wildman–Crippen MR) is 148 cm³/mol. The highest BCUT2D eigenvalue weighted by molar-refractivity contribution is 5.86. The summed E-state index contributed by atoms with van der Waals surface area (Å²) >= 11 is 0. The zero-order valence-corrected chi connectivity index (χ0v) is 23.1. The SMILES string of the molecule is COc1cc(Cn2c(N=C3CCCN3C)nc3c2c(=O)n(CC2CC2)c(=O)n3CC2CC2)cc(OC)c1OC. The Balaban J connectivity index is 1.58. The second-order valence-corrected chi connectivity index (χ2v) is 11.0. The highest BCUT2D eigenvalue weighted by Crippen LogP contribution is 2.39. The van der Waals surface area contributed by atoms with Crippen molar-refractivity contribution in [2.24, 2.45) is 16.8 Å². The monoisotopic (exact) mass is 536 g/mol. The van der Waals surface area contributed by atoms with Crippen molar-refractivity contribution in [1.82, 2.24) is 23.6 Å². The summed E-state index contributed by atoms with van der Waals surface area (Å²) in [6.45, 7) is 2.23. The van der Waals surface area contributed by atoms with Crippen molar-refractivity contribution < 1.29 is 14.2 Å². The first-order valence-electron chi connectivity index (χ1n) is 13.7. The lowest BCUT2D eigenvalue weighted by atomic mass is 10.1. The van der Waals surface area contributed by atoms with Crippen molar-refractivity contribution in [1.29, 1.82) is 0 Å². The fourth-order valence-electron chi connectivity index (χ4n) is 5.42. The van der Waals surface area contributed by atoms with Crippen molar-refractivity contribution in [3.63, 3.8) is 0 Å². The van der Waals surface area contributed by atoms with Crippen LogP contribution in [-0.4, -0.2) is 64.3 Å². The van der Waals surface area contributed by atoms with E-state index in [1.54, 1.807) is 25.9 Å². The average molecular weight is 537 g/mol. The summed E-state index contributed by atoms with van der Waals surface area (Å²) in [7, 11) is 6.74. The van der Waals surface area contributed by atoms with Gasteiger partial charge >= 0.3 is 5.69 Å². The summed E-state index contributed by atoms with van der Waals surface area (Å²) in [5.41, 5.74) is 1.08. The number of aromatic nitrogens is 4. The zero-order valence-electron chi connectivity index (χ0n) is 23.1. The van der Waals surface area contributed by atoms with Crippen molar-refractivity contribution in [2.75, 3.05) is 34.9 Å². The normalized spacial score (nSPS) is 18.4. The molecule has 2 aliphatic carbocycles. The van der Waals surface area contributed by atoms with E-state index in [0.717, 1.165) is 56.5 Å². The van der Waals surface area contributed by atoms with Gasteiger partial charge in [-0.15, -0.1) is 0 Å². The number of likely N-dealkylation sites (tertiary alicyclic amines) is 1. The minimum atomic E-state index is -0.305. The first kappa shape index (κ1) is 25.5. The van der Waals surface area contributed by atoms with E-state index < -0.39 is 0 Å². The lowest BCUT2D eigenvalue weighted by Gasteiger charge is -2.16. The standard InChI is InChI=1S/C28H36N6O5/c1-31-11-5-6-22(31)29-27-30-25-23(32(27)16-19-12-20(37-2)24(39-4)21(13-19)38-3)26(35)34(15-18-9-10-18)28(36)33(25)14-17-7-8-17/h12-13,17-18H,5-11,14-16H2,1-4H3. The van der Waals surface area contributed by atoms with E-state index in [-0.39, 0.29) is 11.2 Å². The van der Waals surface area contributed by atoms with Crippen LogP contribution in [0.4, 0.5) is 5.95 Å². The fraction of sp³-hybridized carbons (Fsp3) is 0.571. The minimum Gasteiger partial charge on any atom is -0.493 e. The van der Waals surface area contributed by atoms with Gasteiger partial charge in [0, 0.05) is 33.1 Å². The number of hydrogen-bond acceptors (Lipinski definition) is 7. The lowest BCUT2D eigenvalue weighted by Crippen LogP contribution is -2.41. The van der Waals surface area contributed by atoms with E-state index in [0.29, 0.717) is 65.8 Å². The highest BCUT2D eigenvalue weighted by atomic mass is 16.5. The molecule has 3 aliphatic rings. The molecule has 0 N–H and O–H groups in total. The maximum absolute atomic E-state index is 14.0. The van der Waals surface area contributed by atoms with Crippen LogP contribution in [0.3, 0.4) is 0 Å². The largest absolute Gasteiger partial charge is 0.493 e. The molecule has 11 heteroatoms. The third-order valence-electron chi connectivity index (χ3n) is 8.00. The quantitative estimate of drug-likeness (QED) is 0.392. The Morgan fingerprint density at radius 2 is 1.56 bits per heavy atom. The Morgan fingerprint density at radius 1 is 0.923 bits per heavy atom. The highest BCUT2D eigenvalue weighted by Gasteiger charge is 2.30. The predicted octanol–water partition coefficient (Wildman–Crippen LogP) is 3.01. The fourth-order valence-corrected chi connectivity index (χ4v) is 5.42. The van der Waals surface area contributed by atoms with Crippen LogP contribution in [0.1, 0.15) is 44.1 Å². The van der Waals surface area contributed by atoms with E-state index >= 15 is 0 Å². The number of aliphatic imine (C=N–C) groups is 1. The summed E-state index contributed by atoms with van der Waals surface area (Å²) in [5, 5.41) is 0. The second kappa shape index (κ2) is 10.1. The molecule has 39 heavy (non-hydrogen) atoms. The first-order chi connectivity index (χ1) is 18.9. The number of imidazole rings is 1. The van der Waals surface area contributed by atoms with Crippen LogP contribution in [0, 0.1) is 11.8 Å². The minimum absolute atomic E-state index is 0.263. The number of nitrogens with zero attached hydrogens (tertiary/aromatic N) is 6. The van der Waals surface area contributed by atoms with Gasteiger partial charge in [-0.25, -0.2) is 4.79 Å². The molecule has 0 atom stereocenters. The molecule has 0 bridgehead atoms. The van der Waals surface area contributed by atoms with Crippen LogP contribution in [0.25, 0.3) is 11.2 Å². The maximum atomic E-state index is 14.0. The molecule has 3 fully saturated rings. The van der Waals surface area contributed by atoms with Gasteiger partial charge in [0.25, 0.3) is 5.56 Å². The van der Waals surface area contributed by atoms with Gasteiger partial charge in [0.05, 0.1) is 27.9 Å². The number of methoxy groups -OCH3 is 3. The van der Waals surface area contributed by atoms with Crippen molar-refractivity contribution in [3.05, 3.63) is 38.5 Å². The lowest BCUT2D eigenvalue weighted by molar-refractivity contribution is 0.323. The first-order valence-corrected chi connectivity index (χ1v) is 13.7. The van der Waals surface area contributed by atoms with Crippen molar-refractivity contribution in [2.45, 2.75) is 58.2 Å². The molecule has 1 aromatic carbocycles. The summed E-state index contributed by atoms with van der Waals surface area (Å²) in [6.07, 6.45) is 6.11. The molecule has 11 nitrogen and oxygen atoms in total. The van der Waals surface area contributed by atoms with Gasteiger partial charge in [-0.1, -0.05) is 0 Å². The van der Waals surface area contributed by atoms with E-state index in [4.69, 9.17) is 24.2 Å². The number of amidine groups is 1. The molecule has 0 radical (unpaired) electrons. The smallest absolute Gasteiger partial charge is 0.332 e. The summed E-state index contributed by atoms with van der Waals surface area (Å²) in [4.78, 5) is 39.6. The molecule has 3 aromatic rings. The van der Waals surface area contributed by atoms with Gasteiger partial charge in [0.2, 0.25) is 11.7 Å². The third kappa shape index (κ3) is 4.79. The Bertz CT molecular complexity index is 1530. The number of rotatable bonds is 10. The molecular weight excluding hydrogens is 500 g/mol. The molecule has 1 aliphatic heterocycles. The average Bonchev–Trinajstić information content (AvgIpc) is 3.86. The summed E-state index contributed by atoms with van der Waals surface area (Å²) in [6, 6.07) is 3.74. The van der Waals surface area contributed by atoms with Gasteiger partial charge < -0.3 is 19.1 Å². The Kier molecular flexibility index (Phi) is 6.60. The van der Waals surface area contributed by atoms with Gasteiger partial charge in [-0.3, -0.25) is 18.5 Å². The van der Waals surface area contributed by atoms with Crippen LogP contribution in [0.2, 0.25) is 0 Å². The van der Waals surface area contributed by atoms with Gasteiger partial charge in [-0.2, -0.15) is 9.98 Å². The van der Waals surface area contributed by atoms with E-state index in [2.05, 4.69) is 4.90 Å². The molecule has 3 heterocycles. The van der Waals surface area contributed by atoms with Gasteiger partial charge in [0.15, 0.2) is 22.7 Å².